The van der Waals surface area contributed by atoms with Gasteiger partial charge in [-0.15, -0.1) is 13.2 Å². The minimum atomic E-state index is -4.68. The molecule has 0 aliphatic carbocycles. The van der Waals surface area contributed by atoms with Crippen molar-refractivity contribution < 1.29 is 22.7 Å². The number of oxime groups is 1. The molecule has 4 nitrogen and oxygen atoms in total. The summed E-state index contributed by atoms with van der Waals surface area (Å²) in [7, 11) is 0. The number of likely N-dealkylation sites (tertiary alicyclic amines) is 1. The first-order valence-electron chi connectivity index (χ1n) is 7.93. The zero-order valence-electron chi connectivity index (χ0n) is 14.0. The standard InChI is InChI=1S/C17H21F3N2O2/c1-15(2,3)22-9-8-16(11-22)10-14(21-24-16)12-4-6-13(7-5-12)23-17(18,19)20/h4-7H,8-11H2,1-3H3. The van der Waals surface area contributed by atoms with E-state index in [2.05, 4.69) is 35.6 Å². The molecule has 0 amide bonds. The summed E-state index contributed by atoms with van der Waals surface area (Å²) in [5, 5.41) is 4.19. The van der Waals surface area contributed by atoms with Gasteiger partial charge >= 0.3 is 6.36 Å². The van der Waals surface area contributed by atoms with Crippen LogP contribution in [0.3, 0.4) is 0 Å². The second kappa shape index (κ2) is 5.65. The first kappa shape index (κ1) is 17.1. The fraction of sp³-hybridized carbons (Fsp3) is 0.588. The Kier molecular flexibility index (Phi) is 4.02. The van der Waals surface area contributed by atoms with Crippen LogP contribution in [-0.2, 0) is 4.84 Å². The zero-order valence-corrected chi connectivity index (χ0v) is 14.0. The Bertz CT molecular complexity index is 635. The van der Waals surface area contributed by atoms with Crippen LogP contribution in [0, 0.1) is 0 Å². The molecule has 1 aromatic rings. The normalized spacial score (nSPS) is 25.0. The maximum absolute atomic E-state index is 12.2. The van der Waals surface area contributed by atoms with Crippen LogP contribution in [0.5, 0.6) is 5.75 Å². The quantitative estimate of drug-likeness (QED) is 0.816. The van der Waals surface area contributed by atoms with Crippen molar-refractivity contribution in [2.24, 2.45) is 5.16 Å². The molecule has 0 bridgehead atoms. The summed E-state index contributed by atoms with van der Waals surface area (Å²) in [6.45, 7) is 8.26. The van der Waals surface area contributed by atoms with Gasteiger partial charge in [-0.3, -0.25) is 4.90 Å². The van der Waals surface area contributed by atoms with Crippen LogP contribution >= 0.6 is 0 Å². The van der Waals surface area contributed by atoms with Gasteiger partial charge in [0, 0.05) is 31.5 Å². The molecule has 0 radical (unpaired) electrons. The Balaban J connectivity index is 1.66. The summed E-state index contributed by atoms with van der Waals surface area (Å²) in [5.41, 5.74) is 1.29. The largest absolute Gasteiger partial charge is 0.573 e. The minimum absolute atomic E-state index is 0.0756. The second-order valence-electron chi connectivity index (χ2n) is 7.40. The van der Waals surface area contributed by atoms with E-state index in [1.54, 1.807) is 12.1 Å². The average Bonchev–Trinajstić information content (AvgIpc) is 3.06. The summed E-state index contributed by atoms with van der Waals surface area (Å²) in [4.78, 5) is 8.11. The molecular weight excluding hydrogens is 321 g/mol. The predicted molar refractivity (Wildman–Crippen MR) is 84.0 cm³/mol. The molecule has 3 rings (SSSR count). The van der Waals surface area contributed by atoms with Crippen LogP contribution in [0.2, 0.25) is 0 Å². The highest BCUT2D eigenvalue weighted by Gasteiger charge is 2.47. The van der Waals surface area contributed by atoms with Gasteiger partial charge in [-0.25, -0.2) is 0 Å². The molecular formula is C17H21F3N2O2. The average molecular weight is 342 g/mol. The van der Waals surface area contributed by atoms with Crippen LogP contribution in [0.15, 0.2) is 29.4 Å². The van der Waals surface area contributed by atoms with Gasteiger partial charge in [-0.1, -0.05) is 5.16 Å². The van der Waals surface area contributed by atoms with Gasteiger partial charge in [-0.05, 0) is 50.6 Å². The summed E-state index contributed by atoms with van der Waals surface area (Å²) in [6, 6.07) is 5.76. The van der Waals surface area contributed by atoms with Gasteiger partial charge in [-0.2, -0.15) is 0 Å². The van der Waals surface area contributed by atoms with E-state index in [0.717, 1.165) is 30.8 Å². The van der Waals surface area contributed by atoms with Crippen molar-refractivity contribution in [3.05, 3.63) is 29.8 Å². The van der Waals surface area contributed by atoms with Gasteiger partial charge in [0.05, 0.1) is 5.71 Å². The highest BCUT2D eigenvalue weighted by molar-refractivity contribution is 6.01. The number of hydrogen-bond acceptors (Lipinski definition) is 4. The fourth-order valence-corrected chi connectivity index (χ4v) is 3.16. The Morgan fingerprint density at radius 3 is 2.38 bits per heavy atom. The smallest absolute Gasteiger partial charge is 0.406 e. The third-order valence-corrected chi connectivity index (χ3v) is 4.53. The molecule has 1 unspecified atom stereocenters. The monoisotopic (exact) mass is 342 g/mol. The first-order valence-corrected chi connectivity index (χ1v) is 7.93. The van der Waals surface area contributed by atoms with E-state index in [-0.39, 0.29) is 16.9 Å². The first-order chi connectivity index (χ1) is 11.1. The molecule has 2 heterocycles. The van der Waals surface area contributed by atoms with Crippen molar-refractivity contribution in [2.45, 2.75) is 51.1 Å². The van der Waals surface area contributed by atoms with Gasteiger partial charge < -0.3 is 9.57 Å². The van der Waals surface area contributed by atoms with E-state index < -0.39 is 6.36 Å². The topological polar surface area (TPSA) is 34.1 Å². The van der Waals surface area contributed by atoms with E-state index in [0.29, 0.717) is 6.42 Å². The number of benzene rings is 1. The van der Waals surface area contributed by atoms with E-state index in [9.17, 15) is 13.2 Å². The minimum Gasteiger partial charge on any atom is -0.406 e. The Labute approximate surface area is 139 Å². The van der Waals surface area contributed by atoms with Crippen molar-refractivity contribution in [1.29, 1.82) is 0 Å². The van der Waals surface area contributed by atoms with Crippen LogP contribution in [0.1, 0.15) is 39.2 Å². The Hall–Kier alpha value is -1.76. The van der Waals surface area contributed by atoms with Crippen LogP contribution in [0.25, 0.3) is 0 Å². The maximum atomic E-state index is 12.2. The SMILES string of the molecule is CC(C)(C)N1CCC2(CC(c3ccc(OC(F)(F)F)cc3)=NO2)C1. The lowest BCUT2D eigenvalue weighted by atomic mass is 9.93. The van der Waals surface area contributed by atoms with Gasteiger partial charge in [0.25, 0.3) is 0 Å². The zero-order chi connectivity index (χ0) is 17.6. The molecule has 24 heavy (non-hydrogen) atoms. The number of alkyl halides is 3. The number of nitrogens with zero attached hydrogens (tertiary/aromatic N) is 2. The Morgan fingerprint density at radius 2 is 1.83 bits per heavy atom. The van der Waals surface area contributed by atoms with Crippen LogP contribution in [0.4, 0.5) is 13.2 Å². The van der Waals surface area contributed by atoms with E-state index >= 15 is 0 Å². The highest BCUT2D eigenvalue weighted by Crippen LogP contribution is 2.38. The van der Waals surface area contributed by atoms with Gasteiger partial charge in [0.2, 0.25) is 0 Å². The lowest BCUT2D eigenvalue weighted by molar-refractivity contribution is -0.274. The van der Waals surface area contributed by atoms with Crippen LogP contribution in [-0.4, -0.2) is 41.2 Å². The lowest BCUT2D eigenvalue weighted by Gasteiger charge is -2.32. The maximum Gasteiger partial charge on any atom is 0.573 e. The van der Waals surface area contributed by atoms with Gasteiger partial charge in [0.1, 0.15) is 5.75 Å². The van der Waals surface area contributed by atoms with E-state index in [1.165, 1.54) is 12.1 Å². The van der Waals surface area contributed by atoms with Crippen molar-refractivity contribution in [3.63, 3.8) is 0 Å². The second-order valence-corrected chi connectivity index (χ2v) is 7.40. The van der Waals surface area contributed by atoms with E-state index in [4.69, 9.17) is 4.84 Å². The van der Waals surface area contributed by atoms with Gasteiger partial charge in [0.15, 0.2) is 5.60 Å². The molecule has 1 fully saturated rings. The molecule has 2 aliphatic rings. The molecule has 7 heteroatoms. The third-order valence-electron chi connectivity index (χ3n) is 4.53. The molecule has 1 aromatic carbocycles. The lowest BCUT2D eigenvalue weighted by Crippen LogP contribution is -2.43. The molecule has 1 spiro atoms. The molecule has 1 atom stereocenters. The molecule has 2 aliphatic heterocycles. The summed E-state index contributed by atoms with van der Waals surface area (Å²) >= 11 is 0. The van der Waals surface area contributed by atoms with Crippen molar-refractivity contribution in [1.82, 2.24) is 4.90 Å². The summed E-state index contributed by atoms with van der Waals surface area (Å²) in [6.07, 6.45) is -3.12. The molecule has 1 saturated heterocycles. The number of rotatable bonds is 2. The number of halogens is 3. The number of hydrogen-bond donors (Lipinski definition) is 0. The van der Waals surface area contributed by atoms with Crippen molar-refractivity contribution >= 4 is 5.71 Å². The van der Waals surface area contributed by atoms with Crippen LogP contribution < -0.4 is 4.74 Å². The third kappa shape index (κ3) is 3.66. The predicted octanol–water partition coefficient (Wildman–Crippen LogP) is 3.95. The molecule has 0 saturated carbocycles. The molecule has 132 valence electrons. The Morgan fingerprint density at radius 1 is 1.17 bits per heavy atom. The summed E-state index contributed by atoms with van der Waals surface area (Å²) in [5.74, 6) is -0.236. The fourth-order valence-electron chi connectivity index (χ4n) is 3.16. The highest BCUT2D eigenvalue weighted by atomic mass is 19.4. The van der Waals surface area contributed by atoms with E-state index in [1.807, 2.05) is 0 Å². The molecule has 0 N–H and O–H groups in total. The summed E-state index contributed by atoms with van der Waals surface area (Å²) < 4.78 is 40.5. The van der Waals surface area contributed by atoms with Crippen molar-refractivity contribution in [2.75, 3.05) is 13.1 Å². The number of ether oxygens (including phenoxy) is 1. The molecule has 0 aromatic heterocycles. The van der Waals surface area contributed by atoms with Crippen molar-refractivity contribution in [3.8, 4) is 5.75 Å².